The van der Waals surface area contributed by atoms with Gasteiger partial charge in [-0.05, 0) is 91.8 Å². The van der Waals surface area contributed by atoms with Gasteiger partial charge < -0.3 is 4.74 Å². The summed E-state index contributed by atoms with van der Waals surface area (Å²) in [4.78, 5) is 0. The van der Waals surface area contributed by atoms with Crippen LogP contribution in [0.25, 0.3) is 0 Å². The fourth-order valence-electron chi connectivity index (χ4n) is 3.70. The maximum atomic E-state index is 6.53. The van der Waals surface area contributed by atoms with Gasteiger partial charge in [-0.3, -0.25) is 0 Å². The molecule has 0 aromatic heterocycles. The topological polar surface area (TPSA) is 9.23 Å². The summed E-state index contributed by atoms with van der Waals surface area (Å²) in [6, 6.07) is 10.8. The molecule has 0 spiro atoms. The zero-order chi connectivity index (χ0) is 19.4. The lowest BCUT2D eigenvalue weighted by atomic mass is 9.91. The molecule has 0 aliphatic heterocycles. The molecule has 0 amide bonds. The van der Waals surface area contributed by atoms with Crippen molar-refractivity contribution in [1.29, 1.82) is 0 Å². The van der Waals surface area contributed by atoms with Crippen LogP contribution in [0.15, 0.2) is 30.3 Å². The van der Waals surface area contributed by atoms with Crippen molar-refractivity contribution < 1.29 is 4.74 Å². The van der Waals surface area contributed by atoms with E-state index in [1.807, 2.05) is 0 Å². The maximum absolute atomic E-state index is 6.53. The second kappa shape index (κ2) is 8.75. The largest absolute Gasteiger partial charge is 0.486 e. The highest BCUT2D eigenvalue weighted by Crippen LogP contribution is 2.33. The molecule has 0 fully saturated rings. The number of rotatable bonds is 7. The first-order valence-electron chi connectivity index (χ1n) is 9.90. The van der Waals surface area contributed by atoms with E-state index in [2.05, 4.69) is 85.7 Å². The van der Waals surface area contributed by atoms with Crippen molar-refractivity contribution in [2.75, 3.05) is 0 Å². The maximum Gasteiger partial charge on any atom is 0.123 e. The molecule has 0 bridgehead atoms. The Morgan fingerprint density at radius 2 is 1.54 bits per heavy atom. The standard InChI is InChI=1S/C25H35O/c1-16(2)14-22-10-9-11-24(23(22)15-17(3)4)26-21(8)25-19(6)13-12-18(5)20(25)7/h9-13,16-17,21H,6,14-15H2,1-5,7-8H3. The van der Waals surface area contributed by atoms with E-state index >= 15 is 0 Å². The first kappa shape index (κ1) is 20.6. The van der Waals surface area contributed by atoms with Gasteiger partial charge in [-0.2, -0.15) is 0 Å². The summed E-state index contributed by atoms with van der Waals surface area (Å²) in [6.07, 6.45) is 2.13. The molecule has 1 nitrogen and oxygen atoms in total. The lowest BCUT2D eigenvalue weighted by Gasteiger charge is -2.24. The van der Waals surface area contributed by atoms with Gasteiger partial charge in [0, 0.05) is 0 Å². The third-order valence-electron chi connectivity index (χ3n) is 5.06. The molecule has 1 unspecified atom stereocenters. The van der Waals surface area contributed by atoms with Crippen molar-refractivity contribution in [1.82, 2.24) is 0 Å². The van der Waals surface area contributed by atoms with E-state index in [0.717, 1.165) is 24.2 Å². The molecule has 2 aromatic carbocycles. The Morgan fingerprint density at radius 1 is 0.885 bits per heavy atom. The van der Waals surface area contributed by atoms with Crippen LogP contribution < -0.4 is 4.74 Å². The Balaban J connectivity index is 2.41. The minimum absolute atomic E-state index is 0.0115. The fourth-order valence-corrected chi connectivity index (χ4v) is 3.70. The molecule has 2 rings (SSSR count). The molecule has 0 heterocycles. The summed E-state index contributed by atoms with van der Waals surface area (Å²) in [5, 5.41) is 0. The van der Waals surface area contributed by atoms with Crippen LogP contribution in [0.3, 0.4) is 0 Å². The second-order valence-corrected chi connectivity index (χ2v) is 8.43. The minimum atomic E-state index is -0.0115. The van der Waals surface area contributed by atoms with Gasteiger partial charge in [0.25, 0.3) is 0 Å². The first-order chi connectivity index (χ1) is 12.2. The Hall–Kier alpha value is -1.76. The van der Waals surface area contributed by atoms with Crippen molar-refractivity contribution in [2.24, 2.45) is 11.8 Å². The summed E-state index contributed by atoms with van der Waals surface area (Å²) in [7, 11) is 0. The van der Waals surface area contributed by atoms with Crippen LogP contribution >= 0.6 is 0 Å². The number of aryl methyl sites for hydroxylation is 1. The van der Waals surface area contributed by atoms with E-state index in [1.165, 1.54) is 27.8 Å². The SMILES string of the molecule is [CH2]c1ccc(C)c(C)c1C(C)Oc1cccc(CC(C)C)c1CC(C)C. The molecule has 141 valence electrons. The minimum Gasteiger partial charge on any atom is -0.486 e. The second-order valence-electron chi connectivity index (χ2n) is 8.43. The highest BCUT2D eigenvalue weighted by atomic mass is 16.5. The summed E-state index contributed by atoms with van der Waals surface area (Å²) in [5.74, 6) is 2.27. The Bertz CT molecular complexity index is 740. The zero-order valence-electron chi connectivity index (χ0n) is 17.6. The van der Waals surface area contributed by atoms with E-state index in [-0.39, 0.29) is 6.10 Å². The fraction of sp³-hybridized carbons (Fsp3) is 0.480. The number of benzene rings is 2. The Kier molecular flexibility index (Phi) is 6.92. The number of hydrogen-bond donors (Lipinski definition) is 0. The smallest absolute Gasteiger partial charge is 0.123 e. The molecule has 0 saturated carbocycles. The Labute approximate surface area is 160 Å². The highest BCUT2D eigenvalue weighted by molar-refractivity contribution is 5.45. The summed E-state index contributed by atoms with van der Waals surface area (Å²) in [6.45, 7) is 19.8. The number of hydrogen-bond acceptors (Lipinski definition) is 1. The van der Waals surface area contributed by atoms with E-state index in [9.17, 15) is 0 Å². The molecule has 0 aliphatic rings. The van der Waals surface area contributed by atoms with Crippen LogP contribution in [0.4, 0.5) is 0 Å². The molecule has 0 saturated heterocycles. The van der Waals surface area contributed by atoms with Gasteiger partial charge in [-0.15, -0.1) is 0 Å². The van der Waals surface area contributed by atoms with Crippen molar-refractivity contribution in [2.45, 2.75) is 67.4 Å². The van der Waals surface area contributed by atoms with E-state index in [0.29, 0.717) is 11.8 Å². The van der Waals surface area contributed by atoms with Crippen LogP contribution in [0.1, 0.15) is 74.1 Å². The quantitative estimate of drug-likeness (QED) is 0.520. The van der Waals surface area contributed by atoms with Crippen molar-refractivity contribution in [3.63, 3.8) is 0 Å². The van der Waals surface area contributed by atoms with Gasteiger partial charge >= 0.3 is 0 Å². The van der Waals surface area contributed by atoms with Crippen LogP contribution in [-0.2, 0) is 12.8 Å². The molecule has 1 heteroatoms. The third-order valence-corrected chi connectivity index (χ3v) is 5.06. The molecular formula is C25H35O. The summed E-state index contributed by atoms with van der Waals surface area (Å²) < 4.78 is 6.53. The van der Waals surface area contributed by atoms with Crippen LogP contribution in [0, 0.1) is 32.6 Å². The predicted octanol–water partition coefficient (Wildman–Crippen LogP) is 7.02. The normalized spacial score (nSPS) is 12.7. The van der Waals surface area contributed by atoms with Gasteiger partial charge in [0.1, 0.15) is 11.9 Å². The van der Waals surface area contributed by atoms with Gasteiger partial charge in [0.15, 0.2) is 0 Å². The molecule has 1 radical (unpaired) electrons. The molecule has 2 aromatic rings. The molecule has 1 atom stereocenters. The third kappa shape index (κ3) is 4.90. The van der Waals surface area contributed by atoms with Crippen molar-refractivity contribution in [3.8, 4) is 5.75 Å². The van der Waals surface area contributed by atoms with Crippen LogP contribution in [0.5, 0.6) is 5.75 Å². The van der Waals surface area contributed by atoms with Crippen LogP contribution in [-0.4, -0.2) is 0 Å². The number of ether oxygens (including phenoxy) is 1. The zero-order valence-corrected chi connectivity index (χ0v) is 17.6. The highest BCUT2D eigenvalue weighted by Gasteiger charge is 2.18. The van der Waals surface area contributed by atoms with Crippen molar-refractivity contribution in [3.05, 3.63) is 70.6 Å². The van der Waals surface area contributed by atoms with Gasteiger partial charge in [0.05, 0.1) is 0 Å². The average Bonchev–Trinajstić information content (AvgIpc) is 2.53. The van der Waals surface area contributed by atoms with Gasteiger partial charge in [0.2, 0.25) is 0 Å². The van der Waals surface area contributed by atoms with Gasteiger partial charge in [-0.25, -0.2) is 0 Å². The first-order valence-corrected chi connectivity index (χ1v) is 9.90. The van der Waals surface area contributed by atoms with E-state index < -0.39 is 0 Å². The van der Waals surface area contributed by atoms with E-state index in [4.69, 9.17) is 4.74 Å². The molecule has 0 N–H and O–H groups in total. The lowest BCUT2D eigenvalue weighted by Crippen LogP contribution is -2.11. The lowest BCUT2D eigenvalue weighted by molar-refractivity contribution is 0.222. The van der Waals surface area contributed by atoms with Gasteiger partial charge in [-0.1, -0.05) is 52.0 Å². The van der Waals surface area contributed by atoms with E-state index in [1.54, 1.807) is 0 Å². The average molecular weight is 352 g/mol. The molecular weight excluding hydrogens is 316 g/mol. The Morgan fingerprint density at radius 3 is 2.15 bits per heavy atom. The summed E-state index contributed by atoms with van der Waals surface area (Å²) in [5.41, 5.74) is 7.65. The van der Waals surface area contributed by atoms with Crippen molar-refractivity contribution >= 4 is 0 Å². The monoisotopic (exact) mass is 351 g/mol. The predicted molar refractivity (Wildman–Crippen MR) is 113 cm³/mol. The van der Waals surface area contributed by atoms with Crippen LogP contribution in [0.2, 0.25) is 0 Å². The molecule has 0 aliphatic carbocycles. The summed E-state index contributed by atoms with van der Waals surface area (Å²) >= 11 is 0. The molecule has 26 heavy (non-hydrogen) atoms.